The maximum atomic E-state index is 4.71. The quantitative estimate of drug-likeness (QED) is 0.665. The van der Waals surface area contributed by atoms with E-state index in [9.17, 15) is 0 Å². The number of likely N-dealkylation sites (N-methyl/N-ethyl adjacent to an activating group) is 1. The van der Waals surface area contributed by atoms with Crippen molar-refractivity contribution in [3.63, 3.8) is 0 Å². The van der Waals surface area contributed by atoms with E-state index < -0.39 is 0 Å². The Balaban J connectivity index is 1.55. The van der Waals surface area contributed by atoms with Gasteiger partial charge in [0.1, 0.15) is 0 Å². The summed E-state index contributed by atoms with van der Waals surface area (Å²) in [5.74, 6) is 2.57. The molecule has 0 N–H and O–H groups in total. The Morgan fingerprint density at radius 3 is 2.50 bits per heavy atom. The SMILES string of the molecule is C[C@@H]1[C@@H](N2C([AsH2])=NC=CC2N2CCN(C)CC2)C[C@H]2C[C@@H]1C2(C)C. The minimum absolute atomic E-state index is 0.422. The van der Waals surface area contributed by atoms with Crippen LogP contribution >= 0.6 is 0 Å². The number of rotatable bonds is 2. The van der Waals surface area contributed by atoms with Crippen molar-refractivity contribution in [3.05, 3.63) is 12.3 Å². The summed E-state index contributed by atoms with van der Waals surface area (Å²) in [7, 11) is 2.24. The first-order valence-corrected chi connectivity index (χ1v) is 10.8. The van der Waals surface area contributed by atoms with Gasteiger partial charge in [0.2, 0.25) is 0 Å². The van der Waals surface area contributed by atoms with Crippen LogP contribution in [0, 0.1) is 23.2 Å². The molecule has 1 saturated heterocycles. The van der Waals surface area contributed by atoms with Crippen LogP contribution in [-0.2, 0) is 0 Å². The van der Waals surface area contributed by atoms with Crippen molar-refractivity contribution >= 4 is 21.5 Å². The van der Waals surface area contributed by atoms with Crippen LogP contribution in [0.2, 0.25) is 0 Å². The molecule has 5 heteroatoms. The van der Waals surface area contributed by atoms with E-state index in [1.165, 1.54) is 43.6 Å². The molecular weight excluding hydrogens is 359 g/mol. The Morgan fingerprint density at radius 1 is 1.17 bits per heavy atom. The Morgan fingerprint density at radius 2 is 1.88 bits per heavy atom. The molecule has 2 unspecified atom stereocenters. The molecule has 0 aromatic carbocycles. The molecule has 0 aromatic heterocycles. The van der Waals surface area contributed by atoms with Gasteiger partial charge in [0.05, 0.1) is 0 Å². The predicted molar refractivity (Wildman–Crippen MR) is 103 cm³/mol. The van der Waals surface area contributed by atoms with Crippen molar-refractivity contribution in [2.75, 3.05) is 33.2 Å². The zero-order valence-electron chi connectivity index (χ0n) is 15.7. The zero-order valence-corrected chi connectivity index (χ0v) is 18.1. The van der Waals surface area contributed by atoms with Gasteiger partial charge < -0.3 is 0 Å². The van der Waals surface area contributed by atoms with Gasteiger partial charge in [-0.3, -0.25) is 0 Å². The molecule has 4 nitrogen and oxygen atoms in total. The standard InChI is InChI=1S/C19H33AsN4/c1-13-15-11-14(19(15,2)3)12-16(13)24-17(5-6-21-18(24)20)23-9-7-22(4)8-10-23/h5-6,13-17H,7-12,20H2,1-4H3/t13-,14+,15-,16-,17?/m0/s1. The monoisotopic (exact) mass is 392 g/mol. The summed E-state index contributed by atoms with van der Waals surface area (Å²) in [4.78, 5) is 12.5. The van der Waals surface area contributed by atoms with Crippen molar-refractivity contribution in [1.29, 1.82) is 0 Å². The van der Waals surface area contributed by atoms with Crippen LogP contribution in [0.5, 0.6) is 0 Å². The number of piperazine rings is 1. The molecule has 0 spiro atoms. The summed E-state index contributed by atoms with van der Waals surface area (Å²) in [6, 6.07) is 0.669. The fraction of sp³-hybridized carbons (Fsp3) is 0.842. The van der Waals surface area contributed by atoms with E-state index in [0.29, 0.717) is 17.6 Å². The number of nitrogens with zero attached hydrogens (tertiary/aromatic N) is 4. The molecule has 6 atom stereocenters. The molecule has 2 heterocycles. The number of aliphatic imine (C=N–C) groups is 1. The van der Waals surface area contributed by atoms with E-state index in [1.807, 2.05) is 0 Å². The van der Waals surface area contributed by atoms with Crippen LogP contribution in [0.15, 0.2) is 17.3 Å². The Kier molecular flexibility index (Phi) is 4.38. The van der Waals surface area contributed by atoms with Crippen molar-refractivity contribution < 1.29 is 0 Å². The van der Waals surface area contributed by atoms with Crippen LogP contribution in [-0.4, -0.2) is 81.6 Å². The average molecular weight is 392 g/mol. The molecule has 5 aliphatic rings. The second-order valence-corrected chi connectivity index (χ2v) is 10.1. The van der Waals surface area contributed by atoms with Gasteiger partial charge in [0.15, 0.2) is 0 Å². The molecule has 0 amide bonds. The first-order chi connectivity index (χ1) is 11.4. The van der Waals surface area contributed by atoms with E-state index in [0.717, 1.165) is 17.8 Å². The van der Waals surface area contributed by atoms with Crippen LogP contribution in [0.3, 0.4) is 0 Å². The first-order valence-electron chi connectivity index (χ1n) is 9.60. The third-order valence-electron chi connectivity index (χ3n) is 7.60. The molecule has 3 saturated carbocycles. The predicted octanol–water partition coefficient (Wildman–Crippen LogP) is 1.45. The minimum atomic E-state index is 0.422. The second kappa shape index (κ2) is 6.14. The summed E-state index contributed by atoms with van der Waals surface area (Å²) in [5.41, 5.74) is 0.557. The van der Waals surface area contributed by atoms with Crippen LogP contribution in [0.1, 0.15) is 33.6 Å². The topological polar surface area (TPSA) is 22.1 Å². The van der Waals surface area contributed by atoms with E-state index in [2.05, 4.69) is 54.8 Å². The molecule has 2 aliphatic heterocycles. The number of hydrogen-bond donors (Lipinski definition) is 0. The number of fused-ring (bicyclic) bond motifs is 2. The summed E-state index contributed by atoms with van der Waals surface area (Å²) in [6.07, 6.45) is 7.62. The van der Waals surface area contributed by atoms with Gasteiger partial charge in [-0.15, -0.1) is 0 Å². The fourth-order valence-corrected chi connectivity index (χ4v) is 6.63. The molecule has 4 fully saturated rings. The van der Waals surface area contributed by atoms with E-state index in [4.69, 9.17) is 4.99 Å². The average Bonchev–Trinajstić information content (AvgIpc) is 2.55. The van der Waals surface area contributed by atoms with Crippen LogP contribution in [0.25, 0.3) is 0 Å². The molecular formula is C19H33AsN4. The van der Waals surface area contributed by atoms with Crippen molar-refractivity contribution in [3.8, 4) is 0 Å². The van der Waals surface area contributed by atoms with Crippen LogP contribution in [0.4, 0.5) is 0 Å². The van der Waals surface area contributed by atoms with Crippen molar-refractivity contribution in [1.82, 2.24) is 14.7 Å². The Labute approximate surface area is 155 Å². The normalized spacial score (nSPS) is 42.6. The van der Waals surface area contributed by atoms with Crippen molar-refractivity contribution in [2.45, 2.75) is 45.8 Å². The molecule has 3 aliphatic carbocycles. The molecule has 0 radical (unpaired) electrons. The second-order valence-electron chi connectivity index (χ2n) is 9.01. The van der Waals surface area contributed by atoms with Gasteiger partial charge in [-0.1, -0.05) is 0 Å². The summed E-state index contributed by atoms with van der Waals surface area (Å²) in [5, 5.41) is 0. The van der Waals surface area contributed by atoms with E-state index in [1.54, 1.807) is 16.9 Å². The Hall–Kier alpha value is -0.312. The molecule has 24 heavy (non-hydrogen) atoms. The maximum absolute atomic E-state index is 4.71. The summed E-state index contributed by atoms with van der Waals surface area (Å²) in [6.45, 7) is 12.2. The number of hydrogen-bond acceptors (Lipinski definition) is 4. The zero-order chi connectivity index (χ0) is 17.1. The van der Waals surface area contributed by atoms with Crippen molar-refractivity contribution in [2.24, 2.45) is 28.2 Å². The molecule has 2 bridgehead atoms. The van der Waals surface area contributed by atoms with Gasteiger partial charge in [-0.2, -0.15) is 0 Å². The third-order valence-corrected chi connectivity index (χ3v) is 8.54. The molecule has 134 valence electrons. The molecule has 5 rings (SSSR count). The van der Waals surface area contributed by atoms with Gasteiger partial charge in [0.25, 0.3) is 0 Å². The van der Waals surface area contributed by atoms with Gasteiger partial charge in [0, 0.05) is 0 Å². The summed E-state index contributed by atoms with van der Waals surface area (Å²) < 4.78 is 1.28. The third kappa shape index (κ3) is 2.61. The van der Waals surface area contributed by atoms with Gasteiger partial charge in [-0.25, -0.2) is 0 Å². The van der Waals surface area contributed by atoms with E-state index in [-0.39, 0.29) is 0 Å². The molecule has 0 aromatic rings. The first kappa shape index (κ1) is 17.1. The Bertz CT molecular complexity index is 550. The number of amidine groups is 1. The van der Waals surface area contributed by atoms with Crippen LogP contribution < -0.4 is 0 Å². The van der Waals surface area contributed by atoms with Gasteiger partial charge in [-0.05, 0) is 0 Å². The van der Waals surface area contributed by atoms with Gasteiger partial charge >= 0.3 is 156 Å². The van der Waals surface area contributed by atoms with E-state index >= 15 is 0 Å². The fourth-order valence-electron chi connectivity index (χ4n) is 5.73. The summed E-state index contributed by atoms with van der Waals surface area (Å²) >= 11 is 1.69.